The van der Waals surface area contributed by atoms with Gasteiger partial charge in [0.05, 0.1) is 12.7 Å². The van der Waals surface area contributed by atoms with Crippen LogP contribution >= 0.6 is 0 Å². The summed E-state index contributed by atoms with van der Waals surface area (Å²) >= 11 is 0. The molecule has 2 aromatic rings. The Balaban J connectivity index is 1.74. The number of nitrogens with zero attached hydrogens (tertiary/aromatic N) is 1. The molecule has 0 spiro atoms. The Bertz CT molecular complexity index is 563. The molecule has 3 rings (SSSR count). The smallest absolute Gasteiger partial charge is 0.0900 e. The maximum Gasteiger partial charge on any atom is 0.0900 e. The van der Waals surface area contributed by atoms with Gasteiger partial charge in [-0.15, -0.1) is 0 Å². The molecular weight excluding hydrogens is 276 g/mol. The van der Waals surface area contributed by atoms with E-state index in [2.05, 4.69) is 40.2 Å². The summed E-state index contributed by atoms with van der Waals surface area (Å²) in [6, 6.07) is 11.0. The molecule has 0 unspecified atom stereocenters. The number of hydrogen-bond donors (Lipinski definition) is 2. The predicted octanol–water partition coefficient (Wildman–Crippen LogP) is 3.09. The first-order valence-corrected chi connectivity index (χ1v) is 8.35. The summed E-state index contributed by atoms with van der Waals surface area (Å²) in [4.78, 5) is 5.96. The van der Waals surface area contributed by atoms with Crippen molar-refractivity contribution in [3.8, 4) is 0 Å². The van der Waals surface area contributed by atoms with Crippen LogP contribution in [0.2, 0.25) is 0 Å². The molecule has 1 fully saturated rings. The highest BCUT2D eigenvalue weighted by Crippen LogP contribution is 2.32. The molecule has 2 heterocycles. The SMILES string of the molecule is CCOC[C@H](O)CN1CCCC[C@H]1c1cc2ccccc2[nH]1. The number of fused-ring (bicyclic) bond motifs is 1. The lowest BCUT2D eigenvalue weighted by Crippen LogP contribution is -2.40. The highest BCUT2D eigenvalue weighted by atomic mass is 16.5. The topological polar surface area (TPSA) is 48.5 Å². The van der Waals surface area contributed by atoms with E-state index < -0.39 is 6.10 Å². The minimum atomic E-state index is -0.412. The van der Waals surface area contributed by atoms with Crippen molar-refractivity contribution in [3.63, 3.8) is 0 Å². The zero-order valence-electron chi connectivity index (χ0n) is 13.3. The summed E-state index contributed by atoms with van der Waals surface area (Å²) in [6.45, 7) is 4.76. The van der Waals surface area contributed by atoms with E-state index in [0.717, 1.165) is 13.0 Å². The quantitative estimate of drug-likeness (QED) is 0.862. The van der Waals surface area contributed by atoms with Crippen molar-refractivity contribution in [1.29, 1.82) is 0 Å². The number of rotatable bonds is 6. The Hall–Kier alpha value is -1.36. The molecule has 1 saturated heterocycles. The third-order valence-electron chi connectivity index (χ3n) is 4.48. The van der Waals surface area contributed by atoms with Crippen molar-refractivity contribution in [1.82, 2.24) is 9.88 Å². The summed E-state index contributed by atoms with van der Waals surface area (Å²) < 4.78 is 5.34. The summed E-state index contributed by atoms with van der Waals surface area (Å²) in [5.41, 5.74) is 2.46. The molecule has 1 aromatic carbocycles. The normalized spacial score (nSPS) is 21.3. The van der Waals surface area contributed by atoms with Gasteiger partial charge < -0.3 is 14.8 Å². The fraction of sp³-hybridized carbons (Fsp3) is 0.556. The van der Waals surface area contributed by atoms with Crippen LogP contribution in [0.3, 0.4) is 0 Å². The van der Waals surface area contributed by atoms with Gasteiger partial charge >= 0.3 is 0 Å². The second-order valence-corrected chi connectivity index (χ2v) is 6.13. The highest BCUT2D eigenvalue weighted by Gasteiger charge is 2.26. The fourth-order valence-corrected chi connectivity index (χ4v) is 3.41. The van der Waals surface area contributed by atoms with Crippen LogP contribution in [0.4, 0.5) is 0 Å². The highest BCUT2D eigenvalue weighted by molar-refractivity contribution is 5.80. The number of nitrogens with one attached hydrogen (secondary N) is 1. The van der Waals surface area contributed by atoms with E-state index in [9.17, 15) is 5.11 Å². The van der Waals surface area contributed by atoms with Crippen LogP contribution in [0.25, 0.3) is 10.9 Å². The second kappa shape index (κ2) is 7.27. The maximum absolute atomic E-state index is 10.2. The second-order valence-electron chi connectivity index (χ2n) is 6.13. The number of H-pyrrole nitrogens is 1. The van der Waals surface area contributed by atoms with Gasteiger partial charge in [-0.25, -0.2) is 0 Å². The van der Waals surface area contributed by atoms with Gasteiger partial charge in [0.1, 0.15) is 0 Å². The first-order valence-electron chi connectivity index (χ1n) is 8.35. The van der Waals surface area contributed by atoms with Gasteiger partial charge in [0.2, 0.25) is 0 Å². The number of aromatic nitrogens is 1. The van der Waals surface area contributed by atoms with Crippen molar-refractivity contribution in [2.75, 3.05) is 26.3 Å². The van der Waals surface area contributed by atoms with Crippen molar-refractivity contribution in [2.24, 2.45) is 0 Å². The molecule has 4 heteroatoms. The van der Waals surface area contributed by atoms with E-state index >= 15 is 0 Å². The number of piperidine rings is 1. The molecule has 120 valence electrons. The summed E-state index contributed by atoms with van der Waals surface area (Å²) in [5, 5.41) is 11.4. The standard InChI is InChI=1S/C18H26N2O2/c1-2-22-13-15(21)12-20-10-6-5-9-18(20)17-11-14-7-3-4-8-16(14)19-17/h3-4,7-8,11,15,18-19,21H,2,5-6,9-10,12-13H2,1H3/t15-,18+/m1/s1. The molecule has 2 N–H and O–H groups in total. The largest absolute Gasteiger partial charge is 0.389 e. The molecule has 0 aliphatic carbocycles. The van der Waals surface area contributed by atoms with Crippen molar-refractivity contribution in [3.05, 3.63) is 36.0 Å². The van der Waals surface area contributed by atoms with Gasteiger partial charge in [-0.2, -0.15) is 0 Å². The number of β-amino-alcohol motifs (C(OH)–C–C–N with tert-alkyl or cyclic N) is 1. The minimum absolute atomic E-state index is 0.373. The first kappa shape index (κ1) is 15.5. The van der Waals surface area contributed by atoms with Crippen LogP contribution in [-0.4, -0.2) is 47.4 Å². The number of para-hydroxylation sites is 1. The number of likely N-dealkylation sites (tertiary alicyclic amines) is 1. The molecule has 1 aliphatic heterocycles. The van der Waals surface area contributed by atoms with E-state index in [1.54, 1.807) is 0 Å². The molecule has 0 amide bonds. The monoisotopic (exact) mass is 302 g/mol. The number of aromatic amines is 1. The Labute approximate surface area is 132 Å². The molecule has 4 nitrogen and oxygen atoms in total. The summed E-state index contributed by atoms with van der Waals surface area (Å²) in [6.07, 6.45) is 3.19. The van der Waals surface area contributed by atoms with Crippen LogP contribution < -0.4 is 0 Å². The lowest BCUT2D eigenvalue weighted by Gasteiger charge is -2.36. The molecule has 0 bridgehead atoms. The van der Waals surface area contributed by atoms with Crippen molar-refractivity contribution in [2.45, 2.75) is 38.3 Å². The number of ether oxygens (including phenoxy) is 1. The number of aliphatic hydroxyl groups is 1. The van der Waals surface area contributed by atoms with Crippen molar-refractivity contribution < 1.29 is 9.84 Å². The van der Waals surface area contributed by atoms with Gasteiger partial charge in [-0.1, -0.05) is 24.6 Å². The Morgan fingerprint density at radius 1 is 1.36 bits per heavy atom. The Morgan fingerprint density at radius 2 is 2.23 bits per heavy atom. The predicted molar refractivity (Wildman–Crippen MR) is 89.0 cm³/mol. The van der Waals surface area contributed by atoms with Gasteiger partial charge in [-0.3, -0.25) is 4.90 Å². The number of hydrogen-bond acceptors (Lipinski definition) is 3. The average Bonchev–Trinajstić information content (AvgIpc) is 2.97. The van der Waals surface area contributed by atoms with E-state index in [1.807, 2.05) is 6.92 Å². The van der Waals surface area contributed by atoms with Gasteiger partial charge in [0.15, 0.2) is 0 Å². The van der Waals surface area contributed by atoms with E-state index in [0.29, 0.717) is 25.8 Å². The maximum atomic E-state index is 10.2. The summed E-state index contributed by atoms with van der Waals surface area (Å²) in [7, 11) is 0. The number of benzene rings is 1. The molecule has 1 aliphatic rings. The Kier molecular flexibility index (Phi) is 5.13. The zero-order valence-corrected chi connectivity index (χ0v) is 13.3. The third kappa shape index (κ3) is 3.51. The van der Waals surface area contributed by atoms with E-state index in [4.69, 9.17) is 4.74 Å². The third-order valence-corrected chi connectivity index (χ3v) is 4.48. The molecular formula is C18H26N2O2. The van der Waals surface area contributed by atoms with Crippen LogP contribution in [-0.2, 0) is 4.74 Å². The fourth-order valence-electron chi connectivity index (χ4n) is 3.41. The van der Waals surface area contributed by atoms with Crippen LogP contribution in [0.1, 0.15) is 37.9 Å². The van der Waals surface area contributed by atoms with Gasteiger partial charge in [0, 0.05) is 30.4 Å². The average molecular weight is 302 g/mol. The molecule has 0 radical (unpaired) electrons. The molecule has 1 aromatic heterocycles. The van der Waals surface area contributed by atoms with Crippen LogP contribution in [0.5, 0.6) is 0 Å². The minimum Gasteiger partial charge on any atom is -0.389 e. The van der Waals surface area contributed by atoms with Crippen molar-refractivity contribution >= 4 is 10.9 Å². The first-order chi connectivity index (χ1) is 10.8. The molecule has 2 atom stereocenters. The zero-order chi connectivity index (χ0) is 15.4. The Morgan fingerprint density at radius 3 is 3.05 bits per heavy atom. The molecule has 22 heavy (non-hydrogen) atoms. The lowest BCUT2D eigenvalue weighted by molar-refractivity contribution is 0.00474. The summed E-state index contributed by atoms with van der Waals surface area (Å²) in [5.74, 6) is 0. The van der Waals surface area contributed by atoms with Crippen LogP contribution in [0.15, 0.2) is 30.3 Å². The lowest BCUT2D eigenvalue weighted by atomic mass is 9.99. The van der Waals surface area contributed by atoms with Crippen LogP contribution in [0, 0.1) is 0 Å². The number of aliphatic hydroxyl groups excluding tert-OH is 1. The van der Waals surface area contributed by atoms with E-state index in [-0.39, 0.29) is 0 Å². The molecule has 0 saturated carbocycles. The van der Waals surface area contributed by atoms with E-state index in [1.165, 1.54) is 29.4 Å². The van der Waals surface area contributed by atoms with Gasteiger partial charge in [-0.05, 0) is 43.8 Å². The van der Waals surface area contributed by atoms with Gasteiger partial charge in [0.25, 0.3) is 0 Å².